The fourth-order valence-electron chi connectivity index (χ4n) is 1.50. The number of nitrogens with zero attached hydrogens (tertiary/aromatic N) is 1. The van der Waals surface area contributed by atoms with Crippen LogP contribution in [0, 0.1) is 21.8 Å². The van der Waals surface area contributed by atoms with Crippen molar-refractivity contribution in [2.24, 2.45) is 5.92 Å². The van der Waals surface area contributed by atoms with Crippen LogP contribution in [0.5, 0.6) is 0 Å². The van der Waals surface area contributed by atoms with Crippen LogP contribution in [0.2, 0.25) is 0 Å². The van der Waals surface area contributed by atoms with Gasteiger partial charge in [-0.1, -0.05) is 19.9 Å². The fraction of sp³-hybridized carbons (Fsp3) is 0.538. The molecule has 0 aliphatic rings. The van der Waals surface area contributed by atoms with Crippen molar-refractivity contribution in [1.29, 1.82) is 0 Å². The molecule has 0 saturated carbocycles. The minimum Gasteiger partial charge on any atom is -0.380 e. The van der Waals surface area contributed by atoms with Crippen LogP contribution < -0.4 is 5.32 Å². The largest absolute Gasteiger partial charge is 0.380 e. The van der Waals surface area contributed by atoms with E-state index in [9.17, 15) is 14.5 Å². The normalized spacial score (nSPS) is 10.9. The van der Waals surface area contributed by atoms with E-state index in [-0.39, 0.29) is 0 Å². The van der Waals surface area contributed by atoms with Gasteiger partial charge in [0.05, 0.1) is 11.5 Å². The van der Waals surface area contributed by atoms with Gasteiger partial charge in [0, 0.05) is 25.8 Å². The molecule has 0 heterocycles. The third-order valence-electron chi connectivity index (χ3n) is 2.41. The molecule has 1 rings (SSSR count). The van der Waals surface area contributed by atoms with Crippen molar-refractivity contribution in [2.45, 2.75) is 20.4 Å². The van der Waals surface area contributed by atoms with Gasteiger partial charge in [-0.15, -0.1) is 0 Å². The first-order chi connectivity index (χ1) is 9.00. The molecule has 0 aliphatic carbocycles. The van der Waals surface area contributed by atoms with E-state index < -0.39 is 16.4 Å². The summed E-state index contributed by atoms with van der Waals surface area (Å²) in [6.45, 7) is 6.58. The van der Waals surface area contributed by atoms with Crippen LogP contribution in [-0.4, -0.2) is 24.7 Å². The lowest BCUT2D eigenvalue weighted by Gasteiger charge is -2.08. The highest BCUT2D eigenvalue weighted by atomic mass is 19.1. The second-order valence-electron chi connectivity index (χ2n) is 4.69. The first kappa shape index (κ1) is 15.5. The third-order valence-corrected chi connectivity index (χ3v) is 2.41. The van der Waals surface area contributed by atoms with Crippen molar-refractivity contribution in [3.63, 3.8) is 0 Å². The van der Waals surface area contributed by atoms with E-state index >= 15 is 0 Å². The Bertz CT molecular complexity index is 424. The van der Waals surface area contributed by atoms with Crippen LogP contribution in [0.25, 0.3) is 0 Å². The maximum Gasteiger partial charge on any atom is 0.304 e. The molecule has 0 aromatic heterocycles. The Morgan fingerprint density at radius 1 is 1.47 bits per heavy atom. The van der Waals surface area contributed by atoms with Crippen molar-refractivity contribution in [1.82, 2.24) is 5.32 Å². The number of ether oxygens (including phenoxy) is 1. The van der Waals surface area contributed by atoms with Gasteiger partial charge in [-0.05, 0) is 17.5 Å². The lowest BCUT2D eigenvalue weighted by Crippen LogP contribution is -2.20. The maximum absolute atomic E-state index is 13.3. The molecule has 1 aromatic rings. The minimum absolute atomic E-state index is 0.458. The summed E-state index contributed by atoms with van der Waals surface area (Å²) in [7, 11) is 0. The van der Waals surface area contributed by atoms with Gasteiger partial charge < -0.3 is 10.1 Å². The molecule has 0 bridgehead atoms. The number of nitrogens with one attached hydrogen (secondary N) is 1. The molecule has 1 N–H and O–H groups in total. The highest BCUT2D eigenvalue weighted by molar-refractivity contribution is 5.34. The number of hydrogen-bond acceptors (Lipinski definition) is 4. The monoisotopic (exact) mass is 270 g/mol. The predicted octanol–water partition coefficient (Wildman–Crippen LogP) is 2.50. The topological polar surface area (TPSA) is 64.4 Å². The molecule has 0 saturated heterocycles. The van der Waals surface area contributed by atoms with Crippen molar-refractivity contribution >= 4 is 5.69 Å². The quantitative estimate of drug-likeness (QED) is 0.448. The molecule has 0 atom stereocenters. The van der Waals surface area contributed by atoms with Crippen molar-refractivity contribution in [2.75, 3.05) is 19.8 Å². The molecule has 19 heavy (non-hydrogen) atoms. The lowest BCUT2D eigenvalue weighted by molar-refractivity contribution is -0.387. The molecule has 0 fully saturated rings. The van der Waals surface area contributed by atoms with Crippen molar-refractivity contribution in [3.8, 4) is 0 Å². The number of hydrogen-bond donors (Lipinski definition) is 1. The first-order valence-electron chi connectivity index (χ1n) is 6.22. The molecule has 0 amide bonds. The van der Waals surface area contributed by atoms with Crippen LogP contribution in [-0.2, 0) is 11.3 Å². The van der Waals surface area contributed by atoms with Gasteiger partial charge >= 0.3 is 5.69 Å². The Labute approximate surface area is 111 Å². The van der Waals surface area contributed by atoms with Crippen molar-refractivity contribution < 1.29 is 14.1 Å². The zero-order valence-corrected chi connectivity index (χ0v) is 11.2. The van der Waals surface area contributed by atoms with Crippen LogP contribution in [0.4, 0.5) is 10.1 Å². The zero-order chi connectivity index (χ0) is 14.3. The van der Waals surface area contributed by atoms with E-state index in [1.807, 2.05) is 0 Å². The van der Waals surface area contributed by atoms with E-state index in [0.717, 1.165) is 0 Å². The highest BCUT2D eigenvalue weighted by Gasteiger charge is 2.13. The van der Waals surface area contributed by atoms with Crippen LogP contribution >= 0.6 is 0 Å². The van der Waals surface area contributed by atoms with Crippen LogP contribution in [0.3, 0.4) is 0 Å². The minimum atomic E-state index is -0.805. The van der Waals surface area contributed by atoms with Gasteiger partial charge in [-0.25, -0.2) is 0 Å². The summed E-state index contributed by atoms with van der Waals surface area (Å²) in [4.78, 5) is 9.72. The Kier molecular flexibility index (Phi) is 6.38. The Morgan fingerprint density at radius 3 is 2.79 bits per heavy atom. The van der Waals surface area contributed by atoms with Gasteiger partial charge in [0.2, 0.25) is 5.82 Å². The molecule has 0 aliphatic heterocycles. The number of nitro groups is 1. The van der Waals surface area contributed by atoms with E-state index in [0.29, 0.717) is 37.8 Å². The summed E-state index contributed by atoms with van der Waals surface area (Å²) in [5.74, 6) is -0.302. The van der Waals surface area contributed by atoms with Gasteiger partial charge in [-0.3, -0.25) is 10.1 Å². The number of nitro benzene ring substituents is 1. The second kappa shape index (κ2) is 7.81. The van der Waals surface area contributed by atoms with E-state index in [4.69, 9.17) is 4.74 Å². The average molecular weight is 270 g/mol. The Hall–Kier alpha value is -1.53. The molecule has 0 radical (unpaired) electrons. The van der Waals surface area contributed by atoms with Crippen LogP contribution in [0.1, 0.15) is 19.4 Å². The third kappa shape index (κ3) is 5.76. The first-order valence-corrected chi connectivity index (χ1v) is 6.22. The molecule has 0 unspecified atom stereocenters. The summed E-state index contributed by atoms with van der Waals surface area (Å²) in [6.07, 6.45) is 0. The lowest BCUT2D eigenvalue weighted by atomic mass is 10.2. The predicted molar refractivity (Wildman–Crippen MR) is 70.4 cm³/mol. The molecular weight excluding hydrogens is 251 g/mol. The summed E-state index contributed by atoms with van der Waals surface area (Å²) in [6, 6.07) is 3.91. The summed E-state index contributed by atoms with van der Waals surface area (Å²) in [5, 5.41) is 13.5. The zero-order valence-electron chi connectivity index (χ0n) is 11.2. The standard InChI is InChI=1S/C13H19FN2O3/c1-10(2)9-19-6-5-15-8-11-3-4-13(16(17)18)12(14)7-11/h3-4,7,10,15H,5-6,8-9H2,1-2H3. The summed E-state index contributed by atoms with van der Waals surface area (Å²) >= 11 is 0. The van der Waals surface area contributed by atoms with Gasteiger partial charge in [0.25, 0.3) is 0 Å². The summed E-state index contributed by atoms with van der Waals surface area (Å²) in [5.41, 5.74) is 0.177. The van der Waals surface area contributed by atoms with E-state index in [1.54, 1.807) is 6.07 Å². The Balaban J connectivity index is 2.30. The number of halogens is 1. The summed E-state index contributed by atoms with van der Waals surface area (Å²) < 4.78 is 18.7. The van der Waals surface area contributed by atoms with Crippen molar-refractivity contribution in [3.05, 3.63) is 39.7 Å². The van der Waals surface area contributed by atoms with Crippen LogP contribution in [0.15, 0.2) is 18.2 Å². The molecule has 106 valence electrons. The van der Waals surface area contributed by atoms with Gasteiger partial charge in [0.15, 0.2) is 0 Å². The molecular formula is C13H19FN2O3. The number of benzene rings is 1. The van der Waals surface area contributed by atoms with E-state index in [2.05, 4.69) is 19.2 Å². The molecule has 0 spiro atoms. The Morgan fingerprint density at radius 2 is 2.21 bits per heavy atom. The smallest absolute Gasteiger partial charge is 0.304 e. The van der Waals surface area contributed by atoms with Gasteiger partial charge in [-0.2, -0.15) is 4.39 Å². The highest BCUT2D eigenvalue weighted by Crippen LogP contribution is 2.17. The SMILES string of the molecule is CC(C)COCCNCc1ccc([N+](=O)[O-])c(F)c1. The average Bonchev–Trinajstić information content (AvgIpc) is 2.32. The maximum atomic E-state index is 13.3. The van der Waals surface area contributed by atoms with E-state index in [1.165, 1.54) is 12.1 Å². The molecule has 6 heteroatoms. The second-order valence-corrected chi connectivity index (χ2v) is 4.69. The molecule has 5 nitrogen and oxygen atoms in total. The molecule has 1 aromatic carbocycles. The van der Waals surface area contributed by atoms with Gasteiger partial charge in [0.1, 0.15) is 0 Å². The number of rotatable bonds is 8. The fourth-order valence-corrected chi connectivity index (χ4v) is 1.50.